The number of rotatable bonds is 6. The first-order valence-electron chi connectivity index (χ1n) is 9.13. The molecular weight excluding hydrogens is 416 g/mol. The molecule has 1 aliphatic rings. The zero-order valence-electron chi connectivity index (χ0n) is 15.5. The molecule has 2 atom stereocenters. The van der Waals surface area contributed by atoms with Crippen molar-refractivity contribution in [1.82, 2.24) is 9.62 Å². The topological polar surface area (TPSA) is 104 Å². The lowest BCUT2D eigenvalue weighted by atomic mass is 9.97. The molecule has 1 heterocycles. The SMILES string of the molecule is O=C(N[C@H](C(=O)O)c1ccccc1)C1CCCN(S(=O)(=O)c2ccc(Cl)cc2)C1. The van der Waals surface area contributed by atoms with Crippen LogP contribution in [0.15, 0.2) is 59.5 Å². The zero-order valence-corrected chi connectivity index (χ0v) is 17.1. The van der Waals surface area contributed by atoms with Gasteiger partial charge in [0.15, 0.2) is 6.04 Å². The molecule has 3 rings (SSSR count). The first-order chi connectivity index (χ1) is 13.8. The lowest BCUT2D eigenvalue weighted by Crippen LogP contribution is -2.46. The second-order valence-corrected chi connectivity index (χ2v) is 9.22. The molecule has 2 aromatic rings. The molecular formula is C20H21ClN2O5S. The monoisotopic (exact) mass is 436 g/mol. The van der Waals surface area contributed by atoms with Gasteiger partial charge < -0.3 is 10.4 Å². The summed E-state index contributed by atoms with van der Waals surface area (Å²) >= 11 is 5.83. The smallest absolute Gasteiger partial charge is 0.330 e. The van der Waals surface area contributed by atoms with Crippen molar-refractivity contribution in [2.24, 2.45) is 5.92 Å². The Bertz CT molecular complexity index is 980. The van der Waals surface area contributed by atoms with Gasteiger partial charge in [0.25, 0.3) is 0 Å². The van der Waals surface area contributed by atoms with Gasteiger partial charge in [0.05, 0.1) is 10.8 Å². The van der Waals surface area contributed by atoms with Crippen molar-refractivity contribution in [3.05, 3.63) is 65.2 Å². The fourth-order valence-electron chi connectivity index (χ4n) is 3.32. The predicted octanol–water partition coefficient (Wildman–Crippen LogP) is 2.68. The highest BCUT2D eigenvalue weighted by Crippen LogP contribution is 2.25. The molecule has 7 nitrogen and oxygen atoms in total. The van der Waals surface area contributed by atoms with Crippen molar-refractivity contribution in [2.75, 3.05) is 13.1 Å². The summed E-state index contributed by atoms with van der Waals surface area (Å²) in [4.78, 5) is 24.5. The molecule has 0 spiro atoms. The third kappa shape index (κ3) is 4.95. The van der Waals surface area contributed by atoms with E-state index in [1.54, 1.807) is 30.3 Å². The van der Waals surface area contributed by atoms with Gasteiger partial charge in [0.1, 0.15) is 0 Å². The van der Waals surface area contributed by atoms with E-state index in [1.807, 2.05) is 0 Å². The number of carbonyl (C=O) groups excluding carboxylic acids is 1. The van der Waals surface area contributed by atoms with Gasteiger partial charge in [0, 0.05) is 18.1 Å². The summed E-state index contributed by atoms with van der Waals surface area (Å²) in [5.41, 5.74) is 0.454. The van der Waals surface area contributed by atoms with Gasteiger partial charge in [0.2, 0.25) is 15.9 Å². The lowest BCUT2D eigenvalue weighted by Gasteiger charge is -2.31. The number of piperidine rings is 1. The molecule has 2 N–H and O–H groups in total. The van der Waals surface area contributed by atoms with Gasteiger partial charge in [-0.15, -0.1) is 0 Å². The van der Waals surface area contributed by atoms with Crippen LogP contribution in [0.25, 0.3) is 0 Å². The Morgan fingerprint density at radius 3 is 2.38 bits per heavy atom. The van der Waals surface area contributed by atoms with Crippen molar-refractivity contribution >= 4 is 33.5 Å². The Morgan fingerprint density at radius 2 is 1.76 bits per heavy atom. The number of nitrogens with one attached hydrogen (secondary N) is 1. The van der Waals surface area contributed by atoms with Crippen molar-refractivity contribution in [3.63, 3.8) is 0 Å². The molecule has 0 bridgehead atoms. The summed E-state index contributed by atoms with van der Waals surface area (Å²) in [6.07, 6.45) is 0.994. The van der Waals surface area contributed by atoms with Crippen molar-refractivity contribution in [3.8, 4) is 0 Å². The van der Waals surface area contributed by atoms with E-state index in [-0.39, 0.29) is 11.4 Å². The van der Waals surface area contributed by atoms with Gasteiger partial charge >= 0.3 is 5.97 Å². The standard InChI is InChI=1S/C20H21ClN2O5S/c21-16-8-10-17(11-9-16)29(27,28)23-12-4-7-15(13-23)19(24)22-18(20(25)26)14-5-2-1-3-6-14/h1-3,5-6,8-11,15,18H,4,7,12-13H2,(H,22,24)(H,25,26)/t15?,18-/m0/s1. The minimum Gasteiger partial charge on any atom is -0.479 e. The highest BCUT2D eigenvalue weighted by atomic mass is 35.5. The van der Waals surface area contributed by atoms with E-state index in [1.165, 1.54) is 28.6 Å². The number of carboxylic acids is 1. The van der Waals surface area contributed by atoms with Crippen LogP contribution < -0.4 is 5.32 Å². The summed E-state index contributed by atoms with van der Waals surface area (Å²) < 4.78 is 27.0. The fraction of sp³-hybridized carbons (Fsp3) is 0.300. The first kappa shape index (κ1) is 21.3. The number of benzene rings is 2. The average molecular weight is 437 g/mol. The van der Waals surface area contributed by atoms with Crippen LogP contribution in [-0.4, -0.2) is 42.8 Å². The maximum atomic E-state index is 12.9. The molecule has 1 fully saturated rings. The minimum absolute atomic E-state index is 0.00206. The second kappa shape index (κ2) is 8.94. The Morgan fingerprint density at radius 1 is 1.10 bits per heavy atom. The highest BCUT2D eigenvalue weighted by molar-refractivity contribution is 7.89. The van der Waals surface area contributed by atoms with Crippen LogP contribution in [0.2, 0.25) is 5.02 Å². The number of nitrogens with zero attached hydrogens (tertiary/aromatic N) is 1. The van der Waals surface area contributed by atoms with Gasteiger partial charge in [-0.3, -0.25) is 4.79 Å². The maximum Gasteiger partial charge on any atom is 0.330 e. The summed E-state index contributed by atoms with van der Waals surface area (Å²) in [5.74, 6) is -2.28. The van der Waals surface area contributed by atoms with Crippen LogP contribution in [0.5, 0.6) is 0 Å². The van der Waals surface area contributed by atoms with Gasteiger partial charge in [-0.2, -0.15) is 4.31 Å². The first-order valence-corrected chi connectivity index (χ1v) is 10.9. The Balaban J connectivity index is 1.73. The van der Waals surface area contributed by atoms with Crippen LogP contribution in [0, 0.1) is 5.92 Å². The summed E-state index contributed by atoms with van der Waals surface area (Å²) in [5, 5.41) is 12.5. The van der Waals surface area contributed by atoms with Gasteiger partial charge in [-0.1, -0.05) is 41.9 Å². The molecule has 1 aliphatic heterocycles. The van der Waals surface area contributed by atoms with E-state index in [2.05, 4.69) is 5.32 Å². The van der Waals surface area contributed by atoms with Crippen molar-refractivity contribution in [2.45, 2.75) is 23.8 Å². The highest BCUT2D eigenvalue weighted by Gasteiger charge is 2.35. The molecule has 0 radical (unpaired) electrons. The van der Waals surface area contributed by atoms with Crippen molar-refractivity contribution < 1.29 is 23.1 Å². The molecule has 0 aliphatic carbocycles. The number of hydrogen-bond donors (Lipinski definition) is 2. The molecule has 9 heteroatoms. The Labute approximate surface area is 174 Å². The fourth-order valence-corrected chi connectivity index (χ4v) is 4.97. The predicted molar refractivity (Wildman–Crippen MR) is 108 cm³/mol. The van der Waals surface area contributed by atoms with E-state index in [9.17, 15) is 23.1 Å². The number of halogens is 1. The summed E-state index contributed by atoms with van der Waals surface area (Å²) in [7, 11) is -3.76. The molecule has 2 aromatic carbocycles. The number of amides is 1. The quantitative estimate of drug-likeness (QED) is 0.724. The molecule has 154 valence electrons. The molecule has 1 saturated heterocycles. The second-order valence-electron chi connectivity index (χ2n) is 6.85. The summed E-state index contributed by atoms with van der Waals surface area (Å²) in [6, 6.07) is 13.1. The number of sulfonamides is 1. The normalized spacial score (nSPS) is 18.7. The van der Waals surface area contributed by atoms with Gasteiger partial charge in [-0.25, -0.2) is 13.2 Å². The Kier molecular flexibility index (Phi) is 6.56. The maximum absolute atomic E-state index is 12.9. The molecule has 0 saturated carbocycles. The van der Waals surface area contributed by atoms with E-state index in [4.69, 9.17) is 11.6 Å². The minimum atomic E-state index is -3.76. The number of carbonyl (C=O) groups is 2. The number of carboxylic acid groups (broad SMARTS) is 1. The van der Waals surface area contributed by atoms with E-state index in [0.29, 0.717) is 30.0 Å². The van der Waals surface area contributed by atoms with Gasteiger partial charge in [-0.05, 0) is 42.7 Å². The zero-order chi connectivity index (χ0) is 21.0. The molecule has 1 amide bonds. The van der Waals surface area contributed by atoms with Crippen LogP contribution >= 0.6 is 11.6 Å². The van der Waals surface area contributed by atoms with Crippen LogP contribution in [0.1, 0.15) is 24.4 Å². The third-order valence-corrected chi connectivity index (χ3v) is 7.00. The average Bonchev–Trinajstić information content (AvgIpc) is 2.72. The summed E-state index contributed by atoms with van der Waals surface area (Å²) in [6.45, 7) is 0.299. The van der Waals surface area contributed by atoms with E-state index >= 15 is 0 Å². The molecule has 29 heavy (non-hydrogen) atoms. The molecule has 1 unspecified atom stereocenters. The lowest BCUT2D eigenvalue weighted by molar-refractivity contribution is -0.143. The van der Waals surface area contributed by atoms with Crippen LogP contribution in [0.4, 0.5) is 0 Å². The third-order valence-electron chi connectivity index (χ3n) is 4.87. The largest absolute Gasteiger partial charge is 0.479 e. The number of hydrogen-bond acceptors (Lipinski definition) is 4. The van der Waals surface area contributed by atoms with E-state index < -0.39 is 33.9 Å². The van der Waals surface area contributed by atoms with E-state index in [0.717, 1.165) is 0 Å². The Hall–Kier alpha value is -2.42. The molecule has 0 aromatic heterocycles. The number of aliphatic carboxylic acids is 1. The van der Waals surface area contributed by atoms with Crippen LogP contribution in [-0.2, 0) is 19.6 Å². The van der Waals surface area contributed by atoms with Crippen LogP contribution in [0.3, 0.4) is 0 Å². The van der Waals surface area contributed by atoms with Crippen molar-refractivity contribution in [1.29, 1.82) is 0 Å².